The van der Waals surface area contributed by atoms with Crippen LogP contribution in [-0.2, 0) is 0 Å². The van der Waals surface area contributed by atoms with Gasteiger partial charge < -0.3 is 9.47 Å². The summed E-state index contributed by atoms with van der Waals surface area (Å²) >= 11 is 1.71. The quantitative estimate of drug-likeness (QED) is 0.599. The third-order valence-corrected chi connectivity index (χ3v) is 3.65. The molecule has 0 radical (unpaired) electrons. The van der Waals surface area contributed by atoms with Crippen LogP contribution in [-0.4, -0.2) is 19.5 Å². The minimum Gasteiger partial charge on any atom is -0.497 e. The van der Waals surface area contributed by atoms with E-state index in [-0.39, 0.29) is 0 Å². The van der Waals surface area contributed by atoms with Gasteiger partial charge in [-0.3, -0.25) is 0 Å². The van der Waals surface area contributed by atoms with Crippen LogP contribution >= 0.6 is 11.8 Å². The lowest BCUT2D eigenvalue weighted by atomic mass is 10.2. The number of hydrogen-bond acceptors (Lipinski definition) is 4. The van der Waals surface area contributed by atoms with Gasteiger partial charge in [-0.25, -0.2) is 0 Å². The van der Waals surface area contributed by atoms with Crippen LogP contribution in [0.5, 0.6) is 11.5 Å². The van der Waals surface area contributed by atoms with Crippen molar-refractivity contribution in [3.63, 3.8) is 0 Å². The molecule has 20 heavy (non-hydrogen) atoms. The van der Waals surface area contributed by atoms with E-state index < -0.39 is 0 Å². The van der Waals surface area contributed by atoms with Crippen molar-refractivity contribution in [3.8, 4) is 17.6 Å². The number of rotatable bonds is 6. The second-order valence-corrected chi connectivity index (χ2v) is 5.15. The van der Waals surface area contributed by atoms with Gasteiger partial charge in [0.05, 0.1) is 19.3 Å². The third kappa shape index (κ3) is 3.94. The predicted molar refractivity (Wildman–Crippen MR) is 80.4 cm³/mol. The Morgan fingerprint density at radius 3 is 2.55 bits per heavy atom. The highest BCUT2D eigenvalue weighted by molar-refractivity contribution is 7.99. The number of hydrogen-bond donors (Lipinski definition) is 0. The zero-order valence-corrected chi connectivity index (χ0v) is 12.0. The van der Waals surface area contributed by atoms with Crippen LogP contribution in [0.2, 0.25) is 0 Å². The summed E-state index contributed by atoms with van der Waals surface area (Å²) in [6.07, 6.45) is 0. The first-order valence-corrected chi connectivity index (χ1v) is 7.21. The van der Waals surface area contributed by atoms with Gasteiger partial charge in [0.15, 0.2) is 0 Å². The normalized spacial score (nSPS) is 9.80. The maximum Gasteiger partial charge on any atom is 0.137 e. The molecule has 2 aromatic rings. The Kier molecular flexibility index (Phi) is 5.33. The molecule has 0 atom stereocenters. The van der Waals surface area contributed by atoms with Gasteiger partial charge in [-0.1, -0.05) is 12.1 Å². The van der Waals surface area contributed by atoms with Crippen molar-refractivity contribution in [3.05, 3.63) is 54.1 Å². The molecule has 0 aliphatic rings. The molecule has 0 amide bonds. The van der Waals surface area contributed by atoms with E-state index in [1.807, 2.05) is 42.5 Å². The van der Waals surface area contributed by atoms with Crippen molar-refractivity contribution in [2.24, 2.45) is 0 Å². The molecule has 0 N–H and O–H groups in total. The lowest BCUT2D eigenvalue weighted by Gasteiger charge is -2.07. The molecule has 0 heterocycles. The topological polar surface area (TPSA) is 42.2 Å². The third-order valence-electron chi connectivity index (χ3n) is 2.68. The average Bonchev–Trinajstić information content (AvgIpc) is 2.52. The summed E-state index contributed by atoms with van der Waals surface area (Å²) in [4.78, 5) is 1.17. The van der Waals surface area contributed by atoms with Crippen LogP contribution in [0.15, 0.2) is 53.4 Å². The molecule has 2 rings (SSSR count). The fourth-order valence-corrected chi connectivity index (χ4v) is 2.40. The molecule has 0 fully saturated rings. The molecule has 102 valence electrons. The molecule has 4 heteroatoms. The van der Waals surface area contributed by atoms with E-state index in [1.54, 1.807) is 24.9 Å². The molecule has 0 unspecified atom stereocenters. The van der Waals surface area contributed by atoms with Gasteiger partial charge in [-0.05, 0) is 36.4 Å². The lowest BCUT2D eigenvalue weighted by Crippen LogP contribution is -2.01. The van der Waals surface area contributed by atoms with Gasteiger partial charge >= 0.3 is 0 Å². The lowest BCUT2D eigenvalue weighted by molar-refractivity contribution is 0.343. The Morgan fingerprint density at radius 1 is 1.10 bits per heavy atom. The summed E-state index contributed by atoms with van der Waals surface area (Å²) in [5.74, 6) is 2.32. The minimum absolute atomic E-state index is 0.565. The maximum atomic E-state index is 8.96. The van der Waals surface area contributed by atoms with E-state index in [0.29, 0.717) is 17.9 Å². The van der Waals surface area contributed by atoms with Gasteiger partial charge in [0.1, 0.15) is 17.6 Å². The summed E-state index contributed by atoms with van der Waals surface area (Å²) in [6, 6.07) is 17.3. The van der Waals surface area contributed by atoms with Crippen molar-refractivity contribution < 1.29 is 9.47 Å². The Balaban J connectivity index is 1.80. The SMILES string of the molecule is COc1ccc(SCCOc2ccccc2C#N)cc1. The van der Waals surface area contributed by atoms with Gasteiger partial charge in [-0.15, -0.1) is 11.8 Å². The highest BCUT2D eigenvalue weighted by atomic mass is 32.2. The molecule has 0 aromatic heterocycles. The van der Waals surface area contributed by atoms with E-state index in [9.17, 15) is 0 Å². The van der Waals surface area contributed by atoms with Gasteiger partial charge in [0.2, 0.25) is 0 Å². The second-order valence-electron chi connectivity index (χ2n) is 3.98. The Bertz CT molecular complexity index is 590. The Morgan fingerprint density at radius 2 is 1.85 bits per heavy atom. The first-order valence-electron chi connectivity index (χ1n) is 6.22. The van der Waals surface area contributed by atoms with Crippen LogP contribution in [0.1, 0.15) is 5.56 Å². The predicted octanol–water partition coefficient (Wildman–Crippen LogP) is 3.74. The smallest absolute Gasteiger partial charge is 0.137 e. The average molecular weight is 285 g/mol. The number of benzene rings is 2. The molecule has 0 aliphatic heterocycles. The Hall–Kier alpha value is -2.12. The van der Waals surface area contributed by atoms with E-state index >= 15 is 0 Å². The first-order chi connectivity index (χ1) is 9.83. The molecular formula is C16H15NO2S. The maximum absolute atomic E-state index is 8.96. The molecule has 3 nitrogen and oxygen atoms in total. The fraction of sp³-hybridized carbons (Fsp3) is 0.188. The van der Waals surface area contributed by atoms with Crippen LogP contribution in [0, 0.1) is 11.3 Å². The van der Waals surface area contributed by atoms with Gasteiger partial charge in [0.25, 0.3) is 0 Å². The monoisotopic (exact) mass is 285 g/mol. The van der Waals surface area contributed by atoms with Crippen molar-refractivity contribution in [1.82, 2.24) is 0 Å². The summed E-state index contributed by atoms with van der Waals surface area (Å²) in [5, 5.41) is 8.96. The second kappa shape index (κ2) is 7.46. The number of nitrogens with zero attached hydrogens (tertiary/aromatic N) is 1. The highest BCUT2D eigenvalue weighted by Gasteiger charge is 2.01. The van der Waals surface area contributed by atoms with Crippen LogP contribution in [0.25, 0.3) is 0 Å². The van der Waals surface area contributed by atoms with Crippen molar-refractivity contribution in [1.29, 1.82) is 5.26 Å². The Labute approximate surface area is 123 Å². The zero-order valence-electron chi connectivity index (χ0n) is 11.2. The van der Waals surface area contributed by atoms with Crippen LogP contribution < -0.4 is 9.47 Å². The van der Waals surface area contributed by atoms with Crippen LogP contribution in [0.4, 0.5) is 0 Å². The van der Waals surface area contributed by atoms with Crippen molar-refractivity contribution in [2.45, 2.75) is 4.90 Å². The van der Waals surface area contributed by atoms with E-state index in [1.165, 1.54) is 4.90 Å². The summed E-state index contributed by atoms with van der Waals surface area (Å²) in [6.45, 7) is 0.565. The molecule has 0 saturated carbocycles. The number of ether oxygens (including phenoxy) is 2. The van der Waals surface area contributed by atoms with Crippen LogP contribution in [0.3, 0.4) is 0 Å². The van der Waals surface area contributed by atoms with E-state index in [2.05, 4.69) is 6.07 Å². The molecule has 0 spiro atoms. The molecule has 0 bridgehead atoms. The number of nitriles is 1. The number of thioether (sulfide) groups is 1. The van der Waals surface area contributed by atoms with Gasteiger partial charge in [-0.2, -0.15) is 5.26 Å². The zero-order chi connectivity index (χ0) is 14.2. The molecule has 0 saturated heterocycles. The molecule has 0 aliphatic carbocycles. The fourth-order valence-electron chi connectivity index (χ4n) is 1.67. The van der Waals surface area contributed by atoms with E-state index in [4.69, 9.17) is 14.7 Å². The highest BCUT2D eigenvalue weighted by Crippen LogP contribution is 2.22. The first kappa shape index (κ1) is 14.3. The van der Waals surface area contributed by atoms with Gasteiger partial charge in [0, 0.05) is 10.6 Å². The standard InChI is InChI=1S/C16H15NO2S/c1-18-14-6-8-15(9-7-14)20-11-10-19-16-5-3-2-4-13(16)12-17/h2-9H,10-11H2,1H3. The molecular weight excluding hydrogens is 270 g/mol. The molecule has 2 aromatic carbocycles. The number of methoxy groups -OCH3 is 1. The largest absolute Gasteiger partial charge is 0.497 e. The number of para-hydroxylation sites is 1. The summed E-state index contributed by atoms with van der Waals surface area (Å²) in [5.41, 5.74) is 0.571. The van der Waals surface area contributed by atoms with Crippen molar-refractivity contribution in [2.75, 3.05) is 19.5 Å². The van der Waals surface area contributed by atoms with Crippen molar-refractivity contribution >= 4 is 11.8 Å². The van der Waals surface area contributed by atoms with E-state index in [0.717, 1.165) is 11.5 Å². The summed E-state index contributed by atoms with van der Waals surface area (Å²) < 4.78 is 10.7. The summed E-state index contributed by atoms with van der Waals surface area (Å²) in [7, 11) is 1.66. The minimum atomic E-state index is 0.565.